The molecule has 1 aromatic rings. The standard InChI is InChI=1S/C15H16F2N2O4/c16-9-5-6-11(12(17)7-9)14(21)23-8-13(20)19-15(22)18-10-3-1-2-4-10/h5-7,10H,1-4,8H2,(H2,18,19,20,22). The number of nitrogens with one attached hydrogen (secondary N) is 2. The number of carbonyl (C=O) groups excluding carboxylic acids is 3. The molecule has 1 aliphatic rings. The molecule has 0 aliphatic heterocycles. The number of imide groups is 1. The van der Waals surface area contributed by atoms with E-state index in [1.54, 1.807) is 0 Å². The number of esters is 1. The minimum Gasteiger partial charge on any atom is -0.452 e. The molecule has 0 atom stereocenters. The lowest BCUT2D eigenvalue weighted by molar-refractivity contribution is -0.123. The van der Waals surface area contributed by atoms with Crippen molar-refractivity contribution in [2.75, 3.05) is 6.61 Å². The highest BCUT2D eigenvalue weighted by Gasteiger charge is 2.19. The molecule has 1 fully saturated rings. The van der Waals surface area contributed by atoms with Crippen LogP contribution in [0.1, 0.15) is 36.0 Å². The first-order chi connectivity index (χ1) is 11.0. The van der Waals surface area contributed by atoms with E-state index in [9.17, 15) is 23.2 Å². The van der Waals surface area contributed by atoms with E-state index >= 15 is 0 Å². The molecule has 124 valence electrons. The van der Waals surface area contributed by atoms with Crippen LogP contribution >= 0.6 is 0 Å². The van der Waals surface area contributed by atoms with Crippen LogP contribution in [0.3, 0.4) is 0 Å². The molecule has 1 saturated carbocycles. The van der Waals surface area contributed by atoms with Gasteiger partial charge in [0, 0.05) is 12.1 Å². The molecule has 0 unspecified atom stereocenters. The van der Waals surface area contributed by atoms with Gasteiger partial charge in [-0.1, -0.05) is 12.8 Å². The van der Waals surface area contributed by atoms with Crippen molar-refractivity contribution in [3.8, 4) is 0 Å². The molecule has 0 radical (unpaired) electrons. The summed E-state index contributed by atoms with van der Waals surface area (Å²) in [6.45, 7) is -0.742. The fraction of sp³-hybridized carbons (Fsp3) is 0.400. The van der Waals surface area contributed by atoms with Crippen molar-refractivity contribution >= 4 is 17.9 Å². The van der Waals surface area contributed by atoms with Crippen LogP contribution in [0.25, 0.3) is 0 Å². The molecule has 2 rings (SSSR count). The van der Waals surface area contributed by atoms with Gasteiger partial charge in [-0.05, 0) is 25.0 Å². The lowest BCUT2D eigenvalue weighted by atomic mass is 10.2. The Morgan fingerprint density at radius 1 is 1.17 bits per heavy atom. The second-order valence-corrected chi connectivity index (χ2v) is 5.20. The number of halogens is 2. The summed E-state index contributed by atoms with van der Waals surface area (Å²) in [5, 5.41) is 4.65. The van der Waals surface area contributed by atoms with Crippen LogP contribution in [0.5, 0.6) is 0 Å². The van der Waals surface area contributed by atoms with Crippen LogP contribution in [0.4, 0.5) is 13.6 Å². The number of benzene rings is 1. The average molecular weight is 326 g/mol. The van der Waals surface area contributed by atoms with Crippen LogP contribution in [0.2, 0.25) is 0 Å². The van der Waals surface area contributed by atoms with Gasteiger partial charge >= 0.3 is 12.0 Å². The van der Waals surface area contributed by atoms with Gasteiger partial charge in [-0.2, -0.15) is 0 Å². The number of amides is 3. The average Bonchev–Trinajstić information content (AvgIpc) is 2.97. The maximum absolute atomic E-state index is 13.4. The van der Waals surface area contributed by atoms with E-state index in [0.29, 0.717) is 6.07 Å². The molecule has 1 aromatic carbocycles. The SMILES string of the molecule is O=C(COC(=O)c1ccc(F)cc1F)NC(=O)NC1CCCC1. The van der Waals surface area contributed by atoms with E-state index < -0.39 is 41.7 Å². The molecule has 2 N–H and O–H groups in total. The van der Waals surface area contributed by atoms with E-state index in [0.717, 1.165) is 37.8 Å². The lowest BCUT2D eigenvalue weighted by Gasteiger charge is -2.12. The molecule has 0 bridgehead atoms. The van der Waals surface area contributed by atoms with Crippen molar-refractivity contribution in [3.63, 3.8) is 0 Å². The molecular formula is C15H16F2N2O4. The summed E-state index contributed by atoms with van der Waals surface area (Å²) in [7, 11) is 0. The Labute approximate surface area is 131 Å². The number of hydrogen-bond donors (Lipinski definition) is 2. The van der Waals surface area contributed by atoms with E-state index in [2.05, 4.69) is 10.1 Å². The highest BCUT2D eigenvalue weighted by molar-refractivity contribution is 5.97. The summed E-state index contributed by atoms with van der Waals surface area (Å²) in [5.41, 5.74) is -0.491. The van der Waals surface area contributed by atoms with Crippen LogP contribution in [-0.4, -0.2) is 30.6 Å². The topological polar surface area (TPSA) is 84.5 Å². The van der Waals surface area contributed by atoms with E-state index in [-0.39, 0.29) is 6.04 Å². The third-order valence-corrected chi connectivity index (χ3v) is 3.43. The van der Waals surface area contributed by atoms with E-state index in [4.69, 9.17) is 0 Å². The second-order valence-electron chi connectivity index (χ2n) is 5.20. The molecule has 0 heterocycles. The lowest BCUT2D eigenvalue weighted by Crippen LogP contribution is -2.45. The van der Waals surface area contributed by atoms with Gasteiger partial charge in [-0.25, -0.2) is 18.4 Å². The van der Waals surface area contributed by atoms with Crippen molar-refractivity contribution in [1.82, 2.24) is 10.6 Å². The monoisotopic (exact) mass is 326 g/mol. The number of urea groups is 1. The number of ether oxygens (including phenoxy) is 1. The number of hydrogen-bond acceptors (Lipinski definition) is 4. The summed E-state index contributed by atoms with van der Waals surface area (Å²) >= 11 is 0. The van der Waals surface area contributed by atoms with Gasteiger partial charge in [0.1, 0.15) is 11.6 Å². The van der Waals surface area contributed by atoms with Gasteiger partial charge in [0.25, 0.3) is 5.91 Å². The van der Waals surface area contributed by atoms with Crippen LogP contribution in [0.15, 0.2) is 18.2 Å². The van der Waals surface area contributed by atoms with Crippen molar-refractivity contribution in [1.29, 1.82) is 0 Å². The smallest absolute Gasteiger partial charge is 0.341 e. The molecule has 8 heteroatoms. The fourth-order valence-corrected chi connectivity index (χ4v) is 2.32. The maximum atomic E-state index is 13.4. The van der Waals surface area contributed by atoms with E-state index in [1.807, 2.05) is 5.32 Å². The summed E-state index contributed by atoms with van der Waals surface area (Å²) in [6.07, 6.45) is 3.78. The molecule has 1 aliphatic carbocycles. The normalized spacial score (nSPS) is 14.3. The molecular weight excluding hydrogens is 310 g/mol. The number of rotatable bonds is 4. The maximum Gasteiger partial charge on any atom is 0.341 e. The third kappa shape index (κ3) is 5.01. The Balaban J connectivity index is 1.77. The molecule has 0 aromatic heterocycles. The summed E-state index contributed by atoms with van der Waals surface area (Å²) < 4.78 is 30.7. The zero-order valence-corrected chi connectivity index (χ0v) is 12.2. The quantitative estimate of drug-likeness (QED) is 0.828. The van der Waals surface area contributed by atoms with Crippen LogP contribution in [0, 0.1) is 11.6 Å². The van der Waals surface area contributed by atoms with Crippen LogP contribution in [-0.2, 0) is 9.53 Å². The van der Waals surface area contributed by atoms with Crippen molar-refractivity contribution in [3.05, 3.63) is 35.4 Å². The predicted molar refractivity (Wildman–Crippen MR) is 75.6 cm³/mol. The first-order valence-corrected chi connectivity index (χ1v) is 7.18. The molecule has 23 heavy (non-hydrogen) atoms. The molecule has 0 spiro atoms. The summed E-state index contributed by atoms with van der Waals surface area (Å²) in [4.78, 5) is 34.6. The first kappa shape index (κ1) is 16.9. The zero-order chi connectivity index (χ0) is 16.8. The number of carbonyl (C=O) groups is 3. The zero-order valence-electron chi connectivity index (χ0n) is 12.2. The van der Waals surface area contributed by atoms with Gasteiger partial charge < -0.3 is 10.1 Å². The van der Waals surface area contributed by atoms with Crippen molar-refractivity contribution in [2.24, 2.45) is 0 Å². The Hall–Kier alpha value is -2.51. The fourth-order valence-electron chi connectivity index (χ4n) is 2.32. The summed E-state index contributed by atoms with van der Waals surface area (Å²) in [5.74, 6) is -3.88. The van der Waals surface area contributed by atoms with Crippen molar-refractivity contribution in [2.45, 2.75) is 31.7 Å². The Kier molecular flexibility index (Phi) is 5.61. The van der Waals surface area contributed by atoms with Gasteiger partial charge in [0.2, 0.25) is 0 Å². The minimum atomic E-state index is -1.12. The van der Waals surface area contributed by atoms with Crippen molar-refractivity contribution < 1.29 is 27.9 Å². The van der Waals surface area contributed by atoms with Crippen LogP contribution < -0.4 is 10.6 Å². The Morgan fingerprint density at radius 3 is 2.52 bits per heavy atom. The molecule has 3 amide bonds. The largest absolute Gasteiger partial charge is 0.452 e. The summed E-state index contributed by atoms with van der Waals surface area (Å²) in [6, 6.07) is 1.72. The predicted octanol–water partition coefficient (Wildman–Crippen LogP) is 1.89. The van der Waals surface area contributed by atoms with Gasteiger partial charge in [0.05, 0.1) is 5.56 Å². The Bertz CT molecular complexity index is 615. The van der Waals surface area contributed by atoms with Gasteiger partial charge in [-0.15, -0.1) is 0 Å². The Morgan fingerprint density at radius 2 is 1.87 bits per heavy atom. The molecule has 6 nitrogen and oxygen atoms in total. The minimum absolute atomic E-state index is 0.0404. The molecule has 0 saturated heterocycles. The second kappa shape index (κ2) is 7.66. The highest BCUT2D eigenvalue weighted by atomic mass is 19.1. The third-order valence-electron chi connectivity index (χ3n) is 3.43. The van der Waals surface area contributed by atoms with Gasteiger partial charge in [-0.3, -0.25) is 10.1 Å². The first-order valence-electron chi connectivity index (χ1n) is 7.18. The van der Waals surface area contributed by atoms with E-state index in [1.165, 1.54) is 0 Å². The highest BCUT2D eigenvalue weighted by Crippen LogP contribution is 2.17. The van der Waals surface area contributed by atoms with Gasteiger partial charge in [0.15, 0.2) is 6.61 Å².